The maximum Gasteiger partial charge on any atom is 0.215 e. The zero-order valence-electron chi connectivity index (χ0n) is 10.0. The van der Waals surface area contributed by atoms with Crippen LogP contribution in [-0.2, 0) is 16.6 Å². The minimum absolute atomic E-state index is 0.117. The van der Waals surface area contributed by atoms with Gasteiger partial charge in [0.1, 0.15) is 0 Å². The minimum atomic E-state index is -3.17. The Hall–Kier alpha value is -0.850. The number of aromatic nitrogens is 1. The number of aromatic amines is 1. The summed E-state index contributed by atoms with van der Waals surface area (Å²) in [6, 6.07) is 3.87. The molecule has 1 saturated heterocycles. The van der Waals surface area contributed by atoms with Crippen molar-refractivity contribution in [3.8, 4) is 0 Å². The van der Waals surface area contributed by atoms with Crippen molar-refractivity contribution in [2.45, 2.75) is 25.4 Å². The van der Waals surface area contributed by atoms with Gasteiger partial charge in [-0.25, -0.2) is 8.42 Å². The summed E-state index contributed by atoms with van der Waals surface area (Å²) in [4.78, 5) is 3.01. The first-order valence-electron chi connectivity index (χ1n) is 5.87. The maximum absolute atomic E-state index is 12.1. The van der Waals surface area contributed by atoms with Crippen LogP contribution in [0.15, 0.2) is 18.3 Å². The molecule has 0 bridgehead atoms. The fourth-order valence-corrected chi connectivity index (χ4v) is 3.47. The Morgan fingerprint density at radius 2 is 2.35 bits per heavy atom. The largest absolute Gasteiger partial charge is 0.364 e. The van der Waals surface area contributed by atoms with E-state index in [4.69, 9.17) is 0 Å². The van der Waals surface area contributed by atoms with Crippen LogP contribution < -0.4 is 5.32 Å². The first-order valence-corrected chi connectivity index (χ1v) is 7.48. The molecular weight excluding hydrogens is 238 g/mol. The Labute approximate surface area is 102 Å². The van der Waals surface area contributed by atoms with Gasteiger partial charge in [-0.3, -0.25) is 0 Å². The number of hydrogen-bond acceptors (Lipinski definition) is 3. The molecule has 5 nitrogen and oxygen atoms in total. The molecule has 1 fully saturated rings. The molecule has 0 aliphatic carbocycles. The average Bonchev–Trinajstić information content (AvgIpc) is 2.90. The van der Waals surface area contributed by atoms with Gasteiger partial charge in [0.2, 0.25) is 10.0 Å². The monoisotopic (exact) mass is 257 g/mol. The van der Waals surface area contributed by atoms with E-state index in [1.54, 1.807) is 13.2 Å². The summed E-state index contributed by atoms with van der Waals surface area (Å²) in [7, 11) is -1.54. The van der Waals surface area contributed by atoms with Crippen molar-refractivity contribution in [3.05, 3.63) is 24.0 Å². The molecule has 0 radical (unpaired) electrons. The molecule has 6 heteroatoms. The Kier molecular flexibility index (Phi) is 3.86. The topological polar surface area (TPSA) is 65.2 Å². The number of hydrogen-bond donors (Lipinski definition) is 2. The highest BCUT2D eigenvalue weighted by molar-refractivity contribution is 7.89. The van der Waals surface area contributed by atoms with E-state index in [2.05, 4.69) is 10.3 Å². The van der Waals surface area contributed by atoms with Crippen molar-refractivity contribution < 1.29 is 8.42 Å². The summed E-state index contributed by atoms with van der Waals surface area (Å²) in [5.74, 6) is 0.199. The van der Waals surface area contributed by atoms with Gasteiger partial charge < -0.3 is 10.3 Å². The third kappa shape index (κ3) is 3.31. The highest BCUT2D eigenvalue weighted by Gasteiger charge is 2.25. The molecule has 1 aliphatic rings. The van der Waals surface area contributed by atoms with Gasteiger partial charge in [0.25, 0.3) is 0 Å². The van der Waals surface area contributed by atoms with Crippen LogP contribution >= 0.6 is 0 Å². The van der Waals surface area contributed by atoms with Gasteiger partial charge in [0.15, 0.2) is 0 Å². The van der Waals surface area contributed by atoms with E-state index in [1.165, 1.54) is 4.31 Å². The molecule has 17 heavy (non-hydrogen) atoms. The summed E-state index contributed by atoms with van der Waals surface area (Å²) in [5.41, 5.74) is 0.912. The fraction of sp³-hybridized carbons (Fsp3) is 0.636. The summed E-state index contributed by atoms with van der Waals surface area (Å²) in [6.07, 6.45) is 3.82. The van der Waals surface area contributed by atoms with Crippen LogP contribution in [0.1, 0.15) is 18.5 Å². The van der Waals surface area contributed by atoms with Crippen molar-refractivity contribution in [3.63, 3.8) is 0 Å². The smallest absolute Gasteiger partial charge is 0.215 e. The fourth-order valence-electron chi connectivity index (χ4n) is 2.08. The molecule has 1 unspecified atom stereocenters. The number of nitrogens with zero attached hydrogens (tertiary/aromatic N) is 1. The lowest BCUT2D eigenvalue weighted by molar-refractivity contribution is 0.456. The van der Waals surface area contributed by atoms with E-state index in [0.29, 0.717) is 6.54 Å². The molecule has 1 aromatic rings. The van der Waals surface area contributed by atoms with E-state index < -0.39 is 10.0 Å². The highest BCUT2D eigenvalue weighted by atomic mass is 32.2. The molecule has 0 amide bonds. The quantitative estimate of drug-likeness (QED) is 0.808. The lowest BCUT2D eigenvalue weighted by Gasteiger charge is -2.19. The molecule has 2 heterocycles. The van der Waals surface area contributed by atoms with Crippen LogP contribution in [0.4, 0.5) is 0 Å². The molecule has 96 valence electrons. The van der Waals surface area contributed by atoms with E-state index >= 15 is 0 Å². The van der Waals surface area contributed by atoms with Gasteiger partial charge in [0, 0.05) is 25.0 Å². The van der Waals surface area contributed by atoms with Crippen molar-refractivity contribution in [1.29, 1.82) is 0 Å². The molecule has 1 atom stereocenters. The van der Waals surface area contributed by atoms with Crippen molar-refractivity contribution >= 4 is 10.0 Å². The molecule has 0 aromatic carbocycles. The second-order valence-corrected chi connectivity index (χ2v) is 6.64. The van der Waals surface area contributed by atoms with Crippen LogP contribution in [0.3, 0.4) is 0 Å². The molecule has 0 spiro atoms. The van der Waals surface area contributed by atoms with Crippen molar-refractivity contribution in [2.75, 3.05) is 19.3 Å². The summed E-state index contributed by atoms with van der Waals surface area (Å²) < 4.78 is 25.6. The average molecular weight is 257 g/mol. The molecule has 1 aromatic heterocycles. The second kappa shape index (κ2) is 5.20. The first-order chi connectivity index (χ1) is 8.08. The van der Waals surface area contributed by atoms with Gasteiger partial charge in [-0.1, -0.05) is 0 Å². The number of nitrogens with one attached hydrogen (secondary N) is 2. The molecule has 0 saturated carbocycles. The SMILES string of the molecule is CN(Cc1ccc[nH]1)S(=O)(=O)CC1CCCN1. The van der Waals surface area contributed by atoms with Crippen LogP contribution in [-0.4, -0.2) is 43.1 Å². The normalized spacial score (nSPS) is 21.2. The predicted octanol–water partition coefficient (Wildman–Crippen LogP) is 0.528. The van der Waals surface area contributed by atoms with Crippen LogP contribution in [0.2, 0.25) is 0 Å². The molecule has 2 rings (SSSR count). The zero-order chi connectivity index (χ0) is 12.3. The summed E-state index contributed by atoms with van der Waals surface area (Å²) in [5, 5.41) is 3.21. The minimum Gasteiger partial charge on any atom is -0.364 e. The van der Waals surface area contributed by atoms with Crippen LogP contribution in [0.25, 0.3) is 0 Å². The third-order valence-electron chi connectivity index (χ3n) is 3.10. The molecular formula is C11H19N3O2S. The van der Waals surface area contributed by atoms with Crippen molar-refractivity contribution in [1.82, 2.24) is 14.6 Å². The number of sulfonamides is 1. The van der Waals surface area contributed by atoms with Gasteiger partial charge in [-0.2, -0.15) is 4.31 Å². The van der Waals surface area contributed by atoms with Gasteiger partial charge in [0.05, 0.1) is 12.3 Å². The zero-order valence-corrected chi connectivity index (χ0v) is 10.8. The van der Waals surface area contributed by atoms with E-state index in [9.17, 15) is 8.42 Å². The standard InChI is InChI=1S/C11H19N3O2S/c1-14(8-10-4-2-6-12-10)17(15,16)9-11-5-3-7-13-11/h2,4,6,11-13H,3,5,7-9H2,1H3. The summed E-state index contributed by atoms with van der Waals surface area (Å²) in [6.45, 7) is 1.34. The van der Waals surface area contributed by atoms with E-state index in [1.807, 2.05) is 12.1 Å². The van der Waals surface area contributed by atoms with E-state index in [-0.39, 0.29) is 11.8 Å². The lowest BCUT2D eigenvalue weighted by Crippen LogP contribution is -2.37. The Morgan fingerprint density at radius 1 is 1.53 bits per heavy atom. The van der Waals surface area contributed by atoms with E-state index in [0.717, 1.165) is 25.1 Å². The van der Waals surface area contributed by atoms with Crippen molar-refractivity contribution in [2.24, 2.45) is 0 Å². The van der Waals surface area contributed by atoms with Gasteiger partial charge in [-0.05, 0) is 31.5 Å². The predicted molar refractivity (Wildman–Crippen MR) is 67.1 cm³/mol. The van der Waals surface area contributed by atoms with Gasteiger partial charge >= 0.3 is 0 Å². The van der Waals surface area contributed by atoms with Crippen LogP contribution in [0.5, 0.6) is 0 Å². The molecule has 2 N–H and O–H groups in total. The number of rotatable bonds is 5. The van der Waals surface area contributed by atoms with Gasteiger partial charge in [-0.15, -0.1) is 0 Å². The van der Waals surface area contributed by atoms with Crippen LogP contribution in [0, 0.1) is 0 Å². The number of H-pyrrole nitrogens is 1. The highest BCUT2D eigenvalue weighted by Crippen LogP contribution is 2.12. The summed E-state index contributed by atoms with van der Waals surface area (Å²) >= 11 is 0. The maximum atomic E-state index is 12.1. The lowest BCUT2D eigenvalue weighted by atomic mass is 10.3. The molecule has 1 aliphatic heterocycles. The Morgan fingerprint density at radius 3 is 2.94 bits per heavy atom. The first kappa shape index (κ1) is 12.6. The third-order valence-corrected chi connectivity index (χ3v) is 5.01. The second-order valence-electron chi connectivity index (χ2n) is 4.52. The Balaban J connectivity index is 1.94. The Bertz CT molecular complexity index is 435.